The van der Waals surface area contributed by atoms with Gasteiger partial charge in [0.25, 0.3) is 0 Å². The molecule has 0 radical (unpaired) electrons. The first kappa shape index (κ1) is 21.2. The number of hydrogen-bond donors (Lipinski definition) is 3. The number of aliphatic hydroxyl groups is 1. The van der Waals surface area contributed by atoms with E-state index in [1.165, 1.54) is 0 Å². The van der Waals surface area contributed by atoms with E-state index in [0.717, 1.165) is 57.6 Å². The highest BCUT2D eigenvalue weighted by molar-refractivity contribution is 5.79. The third-order valence-corrected chi connectivity index (χ3v) is 4.17. The highest BCUT2D eigenvalue weighted by Crippen LogP contribution is 2.19. The maximum atomic E-state index is 10.7. The Bertz CT molecular complexity index is 338. The Morgan fingerprint density at radius 2 is 2.00 bits per heavy atom. The molecule has 0 aliphatic carbocycles. The fourth-order valence-corrected chi connectivity index (χ4v) is 3.01. The number of guanidine groups is 1. The van der Waals surface area contributed by atoms with Crippen molar-refractivity contribution in [1.29, 1.82) is 0 Å². The molecule has 0 bridgehead atoms. The first-order valence-electron chi connectivity index (χ1n) is 9.57. The van der Waals surface area contributed by atoms with Crippen molar-refractivity contribution in [3.05, 3.63) is 0 Å². The number of ether oxygens (including phenoxy) is 2. The van der Waals surface area contributed by atoms with Crippen molar-refractivity contribution in [2.75, 3.05) is 39.5 Å². The summed E-state index contributed by atoms with van der Waals surface area (Å²) in [4.78, 5) is 4.56. The zero-order valence-electron chi connectivity index (χ0n) is 15.8. The molecule has 1 aliphatic rings. The van der Waals surface area contributed by atoms with E-state index in [2.05, 4.69) is 29.5 Å². The van der Waals surface area contributed by atoms with Crippen molar-refractivity contribution >= 4 is 5.96 Å². The molecule has 6 heteroatoms. The van der Waals surface area contributed by atoms with Gasteiger partial charge in [-0.15, -0.1) is 0 Å². The summed E-state index contributed by atoms with van der Waals surface area (Å²) in [7, 11) is 0. The average molecular weight is 344 g/mol. The van der Waals surface area contributed by atoms with Gasteiger partial charge in [0.1, 0.15) is 0 Å². The van der Waals surface area contributed by atoms with Crippen LogP contribution in [0.25, 0.3) is 0 Å². The SMILES string of the molecule is CCCC(O)(CCC)CN=C(NCC)NCCOCC1CCCO1. The molecule has 1 aliphatic heterocycles. The minimum Gasteiger partial charge on any atom is -0.388 e. The fraction of sp³-hybridized carbons (Fsp3) is 0.944. The number of aliphatic imine (C=N–C) groups is 1. The van der Waals surface area contributed by atoms with E-state index in [4.69, 9.17) is 9.47 Å². The van der Waals surface area contributed by atoms with Crippen LogP contribution in [0.3, 0.4) is 0 Å². The van der Waals surface area contributed by atoms with Gasteiger partial charge < -0.3 is 25.2 Å². The van der Waals surface area contributed by atoms with E-state index >= 15 is 0 Å². The van der Waals surface area contributed by atoms with Crippen LogP contribution in [0.2, 0.25) is 0 Å². The van der Waals surface area contributed by atoms with Crippen molar-refractivity contribution in [2.45, 2.75) is 71.0 Å². The lowest BCUT2D eigenvalue weighted by Gasteiger charge is -2.26. The summed E-state index contributed by atoms with van der Waals surface area (Å²) in [5.41, 5.74) is -0.692. The second kappa shape index (κ2) is 12.5. The first-order valence-corrected chi connectivity index (χ1v) is 9.57. The summed E-state index contributed by atoms with van der Waals surface area (Å²) in [6, 6.07) is 0. The van der Waals surface area contributed by atoms with Crippen molar-refractivity contribution in [1.82, 2.24) is 10.6 Å². The molecule has 6 nitrogen and oxygen atoms in total. The molecule has 0 aromatic rings. The number of nitrogens with zero attached hydrogens (tertiary/aromatic N) is 1. The summed E-state index contributed by atoms with van der Waals surface area (Å²) < 4.78 is 11.2. The van der Waals surface area contributed by atoms with Crippen LogP contribution < -0.4 is 10.6 Å². The summed E-state index contributed by atoms with van der Waals surface area (Å²) >= 11 is 0. The third-order valence-electron chi connectivity index (χ3n) is 4.17. The van der Waals surface area contributed by atoms with Crippen LogP contribution in [0, 0.1) is 0 Å². The lowest BCUT2D eigenvalue weighted by molar-refractivity contribution is 0.0190. The topological polar surface area (TPSA) is 75.1 Å². The van der Waals surface area contributed by atoms with E-state index in [1.807, 2.05) is 6.92 Å². The molecule has 1 unspecified atom stereocenters. The van der Waals surface area contributed by atoms with E-state index in [1.54, 1.807) is 0 Å². The van der Waals surface area contributed by atoms with Gasteiger partial charge in [-0.05, 0) is 32.6 Å². The van der Waals surface area contributed by atoms with Crippen LogP contribution in [-0.4, -0.2) is 62.2 Å². The summed E-state index contributed by atoms with van der Waals surface area (Å²) in [6.07, 6.45) is 6.01. The predicted octanol–water partition coefficient (Wildman–Crippen LogP) is 2.07. The minimum atomic E-state index is -0.692. The zero-order valence-corrected chi connectivity index (χ0v) is 15.8. The lowest BCUT2D eigenvalue weighted by atomic mass is 9.93. The Hall–Kier alpha value is -0.850. The van der Waals surface area contributed by atoms with Crippen molar-refractivity contribution in [2.24, 2.45) is 4.99 Å². The van der Waals surface area contributed by atoms with Crippen molar-refractivity contribution in [3.8, 4) is 0 Å². The Balaban J connectivity index is 2.32. The van der Waals surface area contributed by atoms with Gasteiger partial charge in [-0.1, -0.05) is 26.7 Å². The van der Waals surface area contributed by atoms with Crippen LogP contribution in [0.15, 0.2) is 4.99 Å². The molecule has 0 aromatic heterocycles. The fourth-order valence-electron chi connectivity index (χ4n) is 3.01. The molecule has 0 amide bonds. The van der Waals surface area contributed by atoms with E-state index in [0.29, 0.717) is 26.3 Å². The third kappa shape index (κ3) is 8.85. The molecule has 1 saturated heterocycles. The van der Waals surface area contributed by atoms with Gasteiger partial charge in [0.15, 0.2) is 5.96 Å². The molecule has 0 spiro atoms. The number of rotatable bonds is 12. The maximum Gasteiger partial charge on any atom is 0.191 e. The lowest BCUT2D eigenvalue weighted by Crippen LogP contribution is -2.41. The molecular weight excluding hydrogens is 306 g/mol. The van der Waals surface area contributed by atoms with Gasteiger partial charge in [0, 0.05) is 19.7 Å². The Labute approximate surface area is 147 Å². The molecule has 0 saturated carbocycles. The second-order valence-corrected chi connectivity index (χ2v) is 6.56. The average Bonchev–Trinajstić information content (AvgIpc) is 3.06. The normalized spacial score (nSPS) is 18.8. The first-order chi connectivity index (χ1) is 11.6. The molecule has 1 atom stereocenters. The van der Waals surface area contributed by atoms with Crippen LogP contribution in [0.1, 0.15) is 59.3 Å². The zero-order chi connectivity index (χ0) is 17.7. The highest BCUT2D eigenvalue weighted by Gasteiger charge is 2.24. The largest absolute Gasteiger partial charge is 0.388 e. The van der Waals surface area contributed by atoms with Gasteiger partial charge in [-0.2, -0.15) is 0 Å². The number of hydrogen-bond acceptors (Lipinski definition) is 4. The van der Waals surface area contributed by atoms with Gasteiger partial charge in [-0.3, -0.25) is 4.99 Å². The molecule has 3 N–H and O–H groups in total. The number of nitrogens with one attached hydrogen (secondary N) is 2. The van der Waals surface area contributed by atoms with E-state index in [-0.39, 0.29) is 6.10 Å². The van der Waals surface area contributed by atoms with Crippen molar-refractivity contribution < 1.29 is 14.6 Å². The van der Waals surface area contributed by atoms with Crippen LogP contribution >= 0.6 is 0 Å². The van der Waals surface area contributed by atoms with Crippen molar-refractivity contribution in [3.63, 3.8) is 0 Å². The van der Waals surface area contributed by atoms with Crippen LogP contribution in [0.4, 0.5) is 0 Å². The molecule has 1 rings (SSSR count). The molecule has 24 heavy (non-hydrogen) atoms. The highest BCUT2D eigenvalue weighted by atomic mass is 16.5. The smallest absolute Gasteiger partial charge is 0.191 e. The van der Waals surface area contributed by atoms with Gasteiger partial charge in [0.2, 0.25) is 0 Å². The van der Waals surface area contributed by atoms with E-state index < -0.39 is 5.60 Å². The van der Waals surface area contributed by atoms with Crippen LogP contribution in [-0.2, 0) is 9.47 Å². The molecular formula is C18H37N3O3. The van der Waals surface area contributed by atoms with Gasteiger partial charge in [0.05, 0.1) is 31.5 Å². The minimum absolute atomic E-state index is 0.269. The molecule has 1 heterocycles. The van der Waals surface area contributed by atoms with Gasteiger partial charge >= 0.3 is 0 Å². The summed E-state index contributed by atoms with van der Waals surface area (Å²) in [5.74, 6) is 0.740. The van der Waals surface area contributed by atoms with E-state index in [9.17, 15) is 5.11 Å². The Morgan fingerprint density at radius 3 is 2.58 bits per heavy atom. The summed E-state index contributed by atoms with van der Waals surface area (Å²) in [6.45, 7) is 10.3. The van der Waals surface area contributed by atoms with Crippen LogP contribution in [0.5, 0.6) is 0 Å². The Morgan fingerprint density at radius 1 is 1.25 bits per heavy atom. The quantitative estimate of drug-likeness (QED) is 0.287. The summed E-state index contributed by atoms with van der Waals surface area (Å²) in [5, 5.41) is 17.1. The standard InChI is InChI=1S/C18H37N3O3/c1-4-9-18(22,10-5-2)15-21-17(19-6-3)20-11-13-23-14-16-8-7-12-24-16/h16,22H,4-15H2,1-3H3,(H2,19,20,21). The monoisotopic (exact) mass is 343 g/mol. The molecule has 1 fully saturated rings. The Kier molecular flexibility index (Phi) is 11.0. The molecule has 0 aromatic carbocycles. The predicted molar refractivity (Wildman–Crippen MR) is 98.5 cm³/mol. The van der Waals surface area contributed by atoms with Gasteiger partial charge in [-0.25, -0.2) is 0 Å². The molecule has 142 valence electrons. The maximum absolute atomic E-state index is 10.7. The second-order valence-electron chi connectivity index (χ2n) is 6.56.